The smallest absolute Gasteiger partial charge is 0.328 e. The molecule has 28 heavy (non-hydrogen) atoms. The maximum Gasteiger partial charge on any atom is 0.416 e. The summed E-state index contributed by atoms with van der Waals surface area (Å²) in [6, 6.07) is 8.43. The van der Waals surface area contributed by atoms with Crippen LogP contribution in [0.3, 0.4) is 0 Å². The molecule has 0 aliphatic carbocycles. The Kier molecular flexibility index (Phi) is 5.64. The summed E-state index contributed by atoms with van der Waals surface area (Å²) in [5, 5.41) is 2.56. The van der Waals surface area contributed by atoms with Gasteiger partial charge in [0.15, 0.2) is 0 Å². The minimum absolute atomic E-state index is 0.0470. The summed E-state index contributed by atoms with van der Waals surface area (Å²) >= 11 is 1.95. The van der Waals surface area contributed by atoms with Gasteiger partial charge in [-0.05, 0) is 49.7 Å². The van der Waals surface area contributed by atoms with Crippen LogP contribution in [0.2, 0.25) is 0 Å². The van der Waals surface area contributed by atoms with Gasteiger partial charge in [0.1, 0.15) is 0 Å². The predicted molar refractivity (Wildman–Crippen MR) is 110 cm³/mol. The number of carbonyl (C=O) groups is 1. The second kappa shape index (κ2) is 7.82. The maximum absolute atomic E-state index is 13.3. The van der Waals surface area contributed by atoms with Crippen molar-refractivity contribution in [3.8, 4) is 5.69 Å². The number of nitrogens with zero attached hydrogens (tertiary/aromatic N) is 2. The first kappa shape index (κ1) is 20.2. The molecule has 0 spiro atoms. The van der Waals surface area contributed by atoms with E-state index in [1.807, 2.05) is 29.8 Å². The first-order valence-electron chi connectivity index (χ1n) is 8.19. The molecule has 0 radical (unpaired) electrons. The van der Waals surface area contributed by atoms with E-state index in [4.69, 9.17) is 0 Å². The minimum atomic E-state index is -4.55. The van der Waals surface area contributed by atoms with Gasteiger partial charge in [0.25, 0.3) is 5.91 Å². The van der Waals surface area contributed by atoms with Crippen LogP contribution in [0.4, 0.5) is 24.5 Å². The van der Waals surface area contributed by atoms with E-state index in [1.165, 1.54) is 17.0 Å². The zero-order chi connectivity index (χ0) is 20.5. The highest BCUT2D eigenvalue weighted by Crippen LogP contribution is 2.33. The molecule has 146 valence electrons. The van der Waals surface area contributed by atoms with E-state index in [-0.39, 0.29) is 11.4 Å². The Hall–Kier alpha value is -2.56. The molecule has 0 aliphatic heterocycles. The van der Waals surface area contributed by atoms with Gasteiger partial charge in [-0.2, -0.15) is 13.2 Å². The first-order valence-corrected chi connectivity index (χ1v) is 9.27. The molecule has 9 heteroatoms. The Labute approximate surface area is 173 Å². The van der Waals surface area contributed by atoms with Crippen LogP contribution in [-0.4, -0.2) is 15.5 Å². The van der Waals surface area contributed by atoms with Crippen LogP contribution in [0.15, 0.2) is 48.9 Å². The number of aromatic nitrogens is 2. The average molecular weight is 500 g/mol. The molecule has 2 aromatic carbocycles. The van der Waals surface area contributed by atoms with E-state index in [0.29, 0.717) is 11.3 Å². The Balaban J connectivity index is 1.97. The van der Waals surface area contributed by atoms with Crippen molar-refractivity contribution >= 4 is 40.1 Å². The third-order valence-electron chi connectivity index (χ3n) is 4.11. The van der Waals surface area contributed by atoms with Crippen LogP contribution in [0, 0.1) is 13.8 Å². The third-order valence-corrected chi connectivity index (χ3v) is 4.70. The minimum Gasteiger partial charge on any atom is -0.328 e. The lowest BCUT2D eigenvalue weighted by atomic mass is 10.1. The monoisotopic (exact) mass is 500 g/mol. The molecule has 0 fully saturated rings. The Bertz CT molecular complexity index is 1030. The number of imidazole rings is 1. The molecule has 3 aromatic rings. The number of nitrogens with one attached hydrogen (secondary N) is 2. The summed E-state index contributed by atoms with van der Waals surface area (Å²) in [6.07, 6.45) is -1.51. The lowest BCUT2D eigenvalue weighted by Gasteiger charge is -2.14. The van der Waals surface area contributed by atoms with Crippen LogP contribution in [0.5, 0.6) is 0 Å². The van der Waals surface area contributed by atoms with Gasteiger partial charge in [-0.25, -0.2) is 4.98 Å². The molecule has 0 saturated heterocycles. The first-order chi connectivity index (χ1) is 13.2. The number of carbonyl (C=O) groups excluding carboxylic acids is 1. The van der Waals surface area contributed by atoms with Crippen molar-refractivity contribution in [2.45, 2.75) is 20.0 Å². The van der Waals surface area contributed by atoms with E-state index in [1.54, 1.807) is 31.3 Å². The largest absolute Gasteiger partial charge is 0.416 e. The summed E-state index contributed by atoms with van der Waals surface area (Å²) in [5.74, 6) is -0.500. The van der Waals surface area contributed by atoms with Crippen molar-refractivity contribution in [1.82, 2.24) is 9.55 Å². The van der Waals surface area contributed by atoms with Gasteiger partial charge in [-0.1, -0.05) is 6.07 Å². The maximum atomic E-state index is 13.3. The summed E-state index contributed by atoms with van der Waals surface area (Å²) in [6.45, 7) is 3.62. The topological polar surface area (TPSA) is 59.0 Å². The van der Waals surface area contributed by atoms with Crippen molar-refractivity contribution in [2.24, 2.45) is 0 Å². The highest BCUT2D eigenvalue weighted by molar-refractivity contribution is 14.1. The van der Waals surface area contributed by atoms with Crippen molar-refractivity contribution in [1.29, 1.82) is 0 Å². The number of amides is 1. The molecule has 0 bridgehead atoms. The van der Waals surface area contributed by atoms with Crippen LogP contribution < -0.4 is 8.85 Å². The summed E-state index contributed by atoms with van der Waals surface area (Å²) in [7, 11) is 0. The fraction of sp³-hybridized carbons (Fsp3) is 0.158. The van der Waals surface area contributed by atoms with Gasteiger partial charge in [0.05, 0.1) is 40.4 Å². The normalized spacial score (nSPS) is 11.4. The van der Waals surface area contributed by atoms with Gasteiger partial charge in [0, 0.05) is 28.8 Å². The number of anilines is 2. The number of alkyl halides is 3. The lowest BCUT2D eigenvalue weighted by Crippen LogP contribution is -2.14. The SMILES string of the molecule is Cc1cn(-c2cc(NC(=O)c3ccc(C)c(NI)c3)cc(C(F)(F)F)c2)cn1. The van der Waals surface area contributed by atoms with Crippen molar-refractivity contribution in [2.75, 3.05) is 8.85 Å². The van der Waals surface area contributed by atoms with Crippen molar-refractivity contribution in [3.05, 3.63) is 71.3 Å². The predicted octanol–water partition coefficient (Wildman–Crippen LogP) is 5.52. The van der Waals surface area contributed by atoms with Crippen LogP contribution in [0.25, 0.3) is 5.69 Å². The van der Waals surface area contributed by atoms with Gasteiger partial charge in [0.2, 0.25) is 0 Å². The number of hydrogen-bond donors (Lipinski definition) is 2. The van der Waals surface area contributed by atoms with E-state index in [9.17, 15) is 18.0 Å². The fourth-order valence-electron chi connectivity index (χ4n) is 2.63. The van der Waals surface area contributed by atoms with Crippen LogP contribution >= 0.6 is 22.9 Å². The molecule has 1 heterocycles. The zero-order valence-corrected chi connectivity index (χ0v) is 17.1. The number of rotatable bonds is 4. The Morgan fingerprint density at radius 1 is 1.14 bits per heavy atom. The van der Waals surface area contributed by atoms with Gasteiger partial charge < -0.3 is 13.4 Å². The highest BCUT2D eigenvalue weighted by atomic mass is 127. The number of hydrogen-bond acceptors (Lipinski definition) is 3. The standard InChI is InChI=1S/C19H16F3IN4O/c1-11-3-4-13(5-17(11)26-23)18(28)25-15-6-14(19(20,21)22)7-16(8-15)27-9-12(2)24-10-27/h3-10,26H,1-2H3,(H,25,28). The van der Waals surface area contributed by atoms with Crippen LogP contribution in [-0.2, 0) is 6.18 Å². The van der Waals surface area contributed by atoms with E-state index in [0.717, 1.165) is 23.4 Å². The Morgan fingerprint density at radius 2 is 1.89 bits per heavy atom. The molecule has 0 saturated carbocycles. The fourth-order valence-corrected chi connectivity index (χ4v) is 3.21. The lowest BCUT2D eigenvalue weighted by molar-refractivity contribution is -0.137. The number of benzene rings is 2. The Morgan fingerprint density at radius 3 is 2.50 bits per heavy atom. The van der Waals surface area contributed by atoms with Crippen molar-refractivity contribution in [3.63, 3.8) is 0 Å². The number of aryl methyl sites for hydroxylation is 2. The molecule has 1 amide bonds. The zero-order valence-electron chi connectivity index (χ0n) is 14.9. The molecule has 0 aliphatic rings. The van der Waals surface area contributed by atoms with Crippen molar-refractivity contribution < 1.29 is 18.0 Å². The molecule has 0 unspecified atom stereocenters. The molecule has 3 rings (SSSR count). The molecular weight excluding hydrogens is 484 g/mol. The third kappa shape index (κ3) is 4.46. The van der Waals surface area contributed by atoms with E-state index < -0.39 is 17.6 Å². The second-order valence-electron chi connectivity index (χ2n) is 6.27. The summed E-state index contributed by atoms with van der Waals surface area (Å²) < 4.78 is 44.4. The highest BCUT2D eigenvalue weighted by Gasteiger charge is 2.31. The summed E-state index contributed by atoms with van der Waals surface area (Å²) in [4.78, 5) is 16.6. The van der Waals surface area contributed by atoms with Crippen LogP contribution in [0.1, 0.15) is 27.2 Å². The molecular formula is C19H16F3IN4O. The molecule has 0 atom stereocenters. The second-order valence-corrected chi connectivity index (χ2v) is 6.81. The number of halogens is 4. The molecule has 1 aromatic heterocycles. The summed E-state index contributed by atoms with van der Waals surface area (Å²) in [5.41, 5.74) is 2.15. The van der Waals surface area contributed by atoms with Gasteiger partial charge in [-0.15, -0.1) is 0 Å². The average Bonchev–Trinajstić information content (AvgIpc) is 3.07. The molecule has 5 nitrogen and oxygen atoms in total. The molecule has 2 N–H and O–H groups in total. The van der Waals surface area contributed by atoms with E-state index in [2.05, 4.69) is 13.8 Å². The van der Waals surface area contributed by atoms with E-state index >= 15 is 0 Å². The quantitative estimate of drug-likeness (QED) is 0.367. The van der Waals surface area contributed by atoms with Gasteiger partial charge in [-0.3, -0.25) is 4.79 Å². The van der Waals surface area contributed by atoms with Gasteiger partial charge >= 0.3 is 6.18 Å².